The van der Waals surface area contributed by atoms with Gasteiger partial charge in [0.15, 0.2) is 0 Å². The standard InChI is InChI=1S/C72H76N2/c1-67(2,3)47-19-27-51(28-20-47)73(52-29-21-48(22-30-52)68(4,5)6)55-35-39-57-45(43-55)17-37-59-60-41-42-62-63(66(60)72(15,16)64(57)59)61-38-18-46-44-56(36-40-58(46)65(61)71(62,13)14)74(53-31-23-49(24-32-53)69(7,8)9)54-33-25-50(26-34-54)70(10,11)12/h17-44H,1-16H3. The zero-order chi connectivity index (χ0) is 52.7. The highest BCUT2D eigenvalue weighted by Gasteiger charge is 2.46. The summed E-state index contributed by atoms with van der Waals surface area (Å²) in [6, 6.07) is 65.6. The van der Waals surface area contributed by atoms with Crippen LogP contribution in [0.25, 0.3) is 43.8 Å². The highest BCUT2D eigenvalue weighted by molar-refractivity contribution is 6.06. The van der Waals surface area contributed by atoms with Crippen LogP contribution in [0.5, 0.6) is 0 Å². The number of nitrogens with zero attached hydrogens (tertiary/aromatic N) is 2. The second-order valence-corrected chi connectivity index (χ2v) is 26.8. The van der Waals surface area contributed by atoms with E-state index in [0.29, 0.717) is 0 Å². The van der Waals surface area contributed by atoms with Crippen LogP contribution in [0.15, 0.2) is 170 Å². The second kappa shape index (κ2) is 16.8. The lowest BCUT2D eigenvalue weighted by Gasteiger charge is -2.29. The van der Waals surface area contributed by atoms with E-state index >= 15 is 0 Å². The lowest BCUT2D eigenvalue weighted by atomic mass is 9.76. The molecule has 0 radical (unpaired) electrons. The summed E-state index contributed by atoms with van der Waals surface area (Å²) in [7, 11) is 0. The highest BCUT2D eigenvalue weighted by atomic mass is 15.1. The van der Waals surface area contributed by atoms with Gasteiger partial charge < -0.3 is 9.80 Å². The van der Waals surface area contributed by atoms with Crippen LogP contribution < -0.4 is 9.80 Å². The van der Waals surface area contributed by atoms with E-state index in [9.17, 15) is 0 Å². The van der Waals surface area contributed by atoms with Crippen LogP contribution in [-0.2, 0) is 32.5 Å². The molecule has 0 aromatic heterocycles. The molecule has 74 heavy (non-hydrogen) atoms. The number of anilines is 6. The Balaban J connectivity index is 1.00. The molecule has 0 fully saturated rings. The molecule has 0 heterocycles. The number of rotatable bonds is 6. The minimum Gasteiger partial charge on any atom is -0.310 e. The first-order valence-electron chi connectivity index (χ1n) is 27.1. The number of hydrogen-bond acceptors (Lipinski definition) is 2. The fourth-order valence-corrected chi connectivity index (χ4v) is 12.6. The summed E-state index contributed by atoms with van der Waals surface area (Å²) in [5.41, 5.74) is 23.3. The average molecular weight is 969 g/mol. The fourth-order valence-electron chi connectivity index (χ4n) is 12.6. The minimum atomic E-state index is -0.246. The van der Waals surface area contributed by atoms with Gasteiger partial charge >= 0.3 is 0 Å². The third-order valence-electron chi connectivity index (χ3n) is 16.8. The maximum absolute atomic E-state index is 2.47. The van der Waals surface area contributed by atoms with E-state index in [2.05, 4.69) is 290 Å². The number of benzene rings is 9. The molecule has 0 aliphatic heterocycles. The molecule has 0 N–H and O–H groups in total. The third kappa shape index (κ3) is 8.07. The summed E-state index contributed by atoms with van der Waals surface area (Å²) >= 11 is 0. The Labute approximate surface area is 443 Å². The van der Waals surface area contributed by atoms with E-state index in [1.54, 1.807) is 0 Å². The number of fused-ring (bicyclic) bond motifs is 11. The molecule has 374 valence electrons. The molecule has 0 atom stereocenters. The minimum absolute atomic E-state index is 0.0734. The maximum atomic E-state index is 2.47. The first kappa shape index (κ1) is 49.3. The van der Waals surface area contributed by atoms with E-state index < -0.39 is 0 Å². The summed E-state index contributed by atoms with van der Waals surface area (Å²) in [6.45, 7) is 37.3. The summed E-state index contributed by atoms with van der Waals surface area (Å²) in [4.78, 5) is 4.86. The molecule has 0 unspecified atom stereocenters. The van der Waals surface area contributed by atoms with E-state index in [4.69, 9.17) is 0 Å². The van der Waals surface area contributed by atoms with Crippen molar-refractivity contribution in [2.45, 2.75) is 143 Å². The molecule has 9 aromatic rings. The van der Waals surface area contributed by atoms with Gasteiger partial charge in [-0.25, -0.2) is 0 Å². The van der Waals surface area contributed by atoms with Gasteiger partial charge in [0.2, 0.25) is 0 Å². The number of hydrogen-bond donors (Lipinski definition) is 0. The first-order valence-corrected chi connectivity index (χ1v) is 27.1. The van der Waals surface area contributed by atoms with Crippen LogP contribution in [0.2, 0.25) is 0 Å². The van der Waals surface area contributed by atoms with Crippen molar-refractivity contribution >= 4 is 55.7 Å². The molecule has 0 bridgehead atoms. The van der Waals surface area contributed by atoms with Gasteiger partial charge in [-0.2, -0.15) is 0 Å². The topological polar surface area (TPSA) is 6.48 Å². The second-order valence-electron chi connectivity index (χ2n) is 26.8. The molecule has 0 saturated heterocycles. The fraction of sp³-hybridized carbons (Fsp3) is 0.306. The lowest BCUT2D eigenvalue weighted by molar-refractivity contribution is 0.590. The molecule has 0 amide bonds. The lowest BCUT2D eigenvalue weighted by Crippen LogP contribution is -2.19. The molecule has 2 nitrogen and oxygen atoms in total. The van der Waals surface area contributed by atoms with Gasteiger partial charge in [-0.3, -0.25) is 0 Å². The molecule has 2 aliphatic rings. The Kier molecular flexibility index (Phi) is 11.2. The predicted octanol–water partition coefficient (Wildman–Crippen LogP) is 20.7. The van der Waals surface area contributed by atoms with Crippen LogP contribution in [0, 0.1) is 0 Å². The van der Waals surface area contributed by atoms with Gasteiger partial charge in [0.1, 0.15) is 0 Å². The van der Waals surface area contributed by atoms with Crippen molar-refractivity contribution in [1.82, 2.24) is 0 Å². The van der Waals surface area contributed by atoms with Crippen molar-refractivity contribution in [3.63, 3.8) is 0 Å². The van der Waals surface area contributed by atoms with Crippen molar-refractivity contribution in [2.24, 2.45) is 0 Å². The van der Waals surface area contributed by atoms with Crippen LogP contribution in [0.3, 0.4) is 0 Å². The van der Waals surface area contributed by atoms with Crippen molar-refractivity contribution in [2.75, 3.05) is 9.80 Å². The average Bonchev–Trinajstić information content (AvgIpc) is 3.73. The van der Waals surface area contributed by atoms with Crippen molar-refractivity contribution < 1.29 is 0 Å². The van der Waals surface area contributed by atoms with E-state index in [0.717, 1.165) is 34.1 Å². The zero-order valence-corrected chi connectivity index (χ0v) is 47.1. The molecular weight excluding hydrogens is 893 g/mol. The van der Waals surface area contributed by atoms with Gasteiger partial charge in [-0.1, -0.05) is 208 Å². The van der Waals surface area contributed by atoms with Gasteiger partial charge in [-0.05, 0) is 183 Å². The zero-order valence-electron chi connectivity index (χ0n) is 47.1. The summed E-state index contributed by atoms with van der Waals surface area (Å²) in [5, 5.41) is 5.16. The smallest absolute Gasteiger partial charge is 0.0468 e. The SMILES string of the molecule is CC(C)(C)c1ccc(N(c2ccc(C(C)(C)C)cc2)c2ccc3c4c(ccc3c2)-c2c(ccc3c2C(C)(C)c2c-3ccc3cc(N(c5ccc(C(C)(C)C)cc5)c5ccc(C(C)(C)C)cc5)ccc23)C4(C)C)cc1. The Morgan fingerprint density at radius 1 is 0.284 bits per heavy atom. The summed E-state index contributed by atoms with van der Waals surface area (Å²) in [6.07, 6.45) is 0. The van der Waals surface area contributed by atoms with E-state index in [1.807, 2.05) is 0 Å². The predicted molar refractivity (Wildman–Crippen MR) is 321 cm³/mol. The van der Waals surface area contributed by atoms with Gasteiger partial charge in [-0.15, -0.1) is 0 Å². The maximum Gasteiger partial charge on any atom is 0.0468 e. The Bertz CT molecular complexity index is 3530. The summed E-state index contributed by atoms with van der Waals surface area (Å²) in [5.74, 6) is 0. The van der Waals surface area contributed by atoms with E-state index in [1.165, 1.54) is 88.3 Å². The van der Waals surface area contributed by atoms with Crippen molar-refractivity contribution in [1.29, 1.82) is 0 Å². The third-order valence-corrected chi connectivity index (χ3v) is 16.8. The Hall–Kier alpha value is -6.90. The molecule has 9 aromatic carbocycles. The molecule has 2 heteroatoms. The molecule has 0 spiro atoms. The van der Waals surface area contributed by atoms with Crippen LogP contribution in [0.4, 0.5) is 34.1 Å². The largest absolute Gasteiger partial charge is 0.310 e. The van der Waals surface area contributed by atoms with Gasteiger partial charge in [0.05, 0.1) is 0 Å². The molecule has 0 saturated carbocycles. The Morgan fingerprint density at radius 3 is 0.932 bits per heavy atom. The molecular formula is C72H76N2. The molecule has 11 rings (SSSR count). The highest BCUT2D eigenvalue weighted by Crippen LogP contribution is 2.61. The molecule has 2 aliphatic carbocycles. The van der Waals surface area contributed by atoms with Crippen molar-refractivity contribution in [3.05, 3.63) is 214 Å². The van der Waals surface area contributed by atoms with Gasteiger partial charge in [0.25, 0.3) is 0 Å². The van der Waals surface area contributed by atoms with E-state index in [-0.39, 0.29) is 32.5 Å². The van der Waals surface area contributed by atoms with Crippen LogP contribution in [-0.4, -0.2) is 0 Å². The summed E-state index contributed by atoms with van der Waals surface area (Å²) < 4.78 is 0. The van der Waals surface area contributed by atoms with Crippen LogP contribution >= 0.6 is 0 Å². The monoisotopic (exact) mass is 969 g/mol. The van der Waals surface area contributed by atoms with Crippen molar-refractivity contribution in [3.8, 4) is 22.3 Å². The van der Waals surface area contributed by atoms with Crippen LogP contribution in [0.1, 0.15) is 155 Å². The first-order chi connectivity index (χ1) is 34.7. The van der Waals surface area contributed by atoms with Gasteiger partial charge in [0, 0.05) is 45.0 Å². The normalized spacial score (nSPS) is 14.7. The Morgan fingerprint density at radius 2 is 0.581 bits per heavy atom. The quantitative estimate of drug-likeness (QED) is 0.164.